The third kappa shape index (κ3) is 4.74. The summed E-state index contributed by atoms with van der Waals surface area (Å²) in [5.41, 5.74) is 0. The fourth-order valence-corrected chi connectivity index (χ4v) is 2.78. The fourth-order valence-electron chi connectivity index (χ4n) is 2.78. The minimum atomic E-state index is 0. The van der Waals surface area contributed by atoms with Crippen LogP contribution in [-0.4, -0.2) is 43.4 Å². The molecular formula is C13H27ClN2O. The minimum absolute atomic E-state index is 0. The first-order chi connectivity index (χ1) is 7.75. The lowest BCUT2D eigenvalue weighted by molar-refractivity contribution is -0.0198. The van der Waals surface area contributed by atoms with E-state index in [0.717, 1.165) is 19.1 Å². The van der Waals surface area contributed by atoms with E-state index >= 15 is 0 Å². The molecule has 2 aliphatic heterocycles. The quantitative estimate of drug-likeness (QED) is 0.845. The Bertz CT molecular complexity index is 200. The number of halogens is 1. The van der Waals surface area contributed by atoms with Gasteiger partial charge in [-0.3, -0.25) is 5.32 Å². The summed E-state index contributed by atoms with van der Waals surface area (Å²) in [6.07, 6.45) is 5.41. The number of ether oxygens (including phenoxy) is 1. The average Bonchev–Trinajstić information content (AvgIpc) is 2.31. The highest BCUT2D eigenvalue weighted by atomic mass is 35.5. The van der Waals surface area contributed by atoms with Gasteiger partial charge in [-0.2, -0.15) is 0 Å². The predicted molar refractivity (Wildman–Crippen MR) is 73.7 cm³/mol. The second-order valence-electron chi connectivity index (χ2n) is 5.48. The van der Waals surface area contributed by atoms with Crippen molar-refractivity contribution >= 4 is 12.4 Å². The first-order valence-electron chi connectivity index (χ1n) is 6.84. The summed E-state index contributed by atoms with van der Waals surface area (Å²) in [7, 11) is 0. The van der Waals surface area contributed by atoms with Gasteiger partial charge in [-0.05, 0) is 65.1 Å². The third-order valence-corrected chi connectivity index (χ3v) is 3.94. The standard InChI is InChI=1S/C13H26N2O.ClH/c1-11(2)15-7-4-12(5-8-15)10-13-14-6-3-9-16-13;/h11-14H,3-10H2,1-2H3;1H. The molecule has 0 radical (unpaired) electrons. The Morgan fingerprint density at radius 3 is 2.53 bits per heavy atom. The number of piperidine rings is 1. The van der Waals surface area contributed by atoms with Crippen molar-refractivity contribution in [1.29, 1.82) is 0 Å². The van der Waals surface area contributed by atoms with Gasteiger partial charge in [-0.15, -0.1) is 12.4 Å². The number of nitrogens with zero attached hydrogens (tertiary/aromatic N) is 1. The number of likely N-dealkylation sites (tertiary alicyclic amines) is 1. The van der Waals surface area contributed by atoms with Crippen LogP contribution in [0, 0.1) is 5.92 Å². The Hall–Kier alpha value is 0.170. The molecule has 0 aliphatic carbocycles. The van der Waals surface area contributed by atoms with Crippen molar-refractivity contribution in [3.8, 4) is 0 Å². The molecule has 17 heavy (non-hydrogen) atoms. The van der Waals surface area contributed by atoms with Crippen molar-refractivity contribution in [2.45, 2.75) is 51.8 Å². The fraction of sp³-hybridized carbons (Fsp3) is 1.00. The molecule has 0 bridgehead atoms. The number of hydrogen-bond acceptors (Lipinski definition) is 3. The molecule has 1 atom stereocenters. The van der Waals surface area contributed by atoms with Gasteiger partial charge in [0.2, 0.25) is 0 Å². The molecule has 2 heterocycles. The van der Waals surface area contributed by atoms with Crippen LogP contribution in [0.4, 0.5) is 0 Å². The summed E-state index contributed by atoms with van der Waals surface area (Å²) < 4.78 is 5.73. The zero-order valence-corrected chi connectivity index (χ0v) is 12.0. The summed E-state index contributed by atoms with van der Waals surface area (Å²) >= 11 is 0. The zero-order chi connectivity index (χ0) is 11.4. The molecule has 0 aromatic heterocycles. The van der Waals surface area contributed by atoms with E-state index in [4.69, 9.17) is 4.74 Å². The summed E-state index contributed by atoms with van der Waals surface area (Å²) in [5, 5.41) is 3.46. The van der Waals surface area contributed by atoms with Crippen molar-refractivity contribution < 1.29 is 4.74 Å². The molecule has 2 aliphatic rings. The van der Waals surface area contributed by atoms with E-state index < -0.39 is 0 Å². The second kappa shape index (κ2) is 7.57. The van der Waals surface area contributed by atoms with Gasteiger partial charge < -0.3 is 9.64 Å². The summed E-state index contributed by atoms with van der Waals surface area (Å²) in [5.74, 6) is 0.866. The molecule has 2 rings (SSSR count). The normalized spacial score (nSPS) is 28.1. The van der Waals surface area contributed by atoms with Crippen LogP contribution in [0.3, 0.4) is 0 Å². The van der Waals surface area contributed by atoms with Crippen LogP contribution in [-0.2, 0) is 4.74 Å². The predicted octanol–water partition coefficient (Wildman–Crippen LogP) is 2.25. The van der Waals surface area contributed by atoms with Crippen LogP contribution in [0.15, 0.2) is 0 Å². The monoisotopic (exact) mass is 262 g/mol. The Balaban J connectivity index is 0.00000144. The molecule has 0 aromatic rings. The molecule has 102 valence electrons. The molecule has 2 fully saturated rings. The molecule has 4 heteroatoms. The van der Waals surface area contributed by atoms with Gasteiger partial charge in [0.25, 0.3) is 0 Å². The van der Waals surface area contributed by atoms with E-state index in [9.17, 15) is 0 Å². The first-order valence-corrected chi connectivity index (χ1v) is 6.84. The van der Waals surface area contributed by atoms with E-state index in [1.165, 1.54) is 38.8 Å². The topological polar surface area (TPSA) is 24.5 Å². The highest BCUT2D eigenvalue weighted by molar-refractivity contribution is 5.85. The molecule has 0 amide bonds. The highest BCUT2D eigenvalue weighted by Gasteiger charge is 2.24. The lowest BCUT2D eigenvalue weighted by Crippen LogP contribution is -2.43. The van der Waals surface area contributed by atoms with E-state index in [2.05, 4.69) is 24.1 Å². The average molecular weight is 263 g/mol. The molecule has 3 nitrogen and oxygen atoms in total. The van der Waals surface area contributed by atoms with Gasteiger partial charge in [-0.1, -0.05) is 0 Å². The molecular weight excluding hydrogens is 236 g/mol. The van der Waals surface area contributed by atoms with Crippen molar-refractivity contribution in [3.05, 3.63) is 0 Å². The van der Waals surface area contributed by atoms with E-state index in [0.29, 0.717) is 12.3 Å². The van der Waals surface area contributed by atoms with E-state index in [1.54, 1.807) is 0 Å². The van der Waals surface area contributed by atoms with Gasteiger partial charge >= 0.3 is 0 Å². The number of rotatable bonds is 3. The largest absolute Gasteiger partial charge is 0.363 e. The summed E-state index contributed by atoms with van der Waals surface area (Å²) in [4.78, 5) is 2.59. The number of nitrogens with one attached hydrogen (secondary N) is 1. The van der Waals surface area contributed by atoms with Crippen LogP contribution in [0.1, 0.15) is 39.5 Å². The Morgan fingerprint density at radius 2 is 2.00 bits per heavy atom. The lowest BCUT2D eigenvalue weighted by Gasteiger charge is -2.36. The Morgan fingerprint density at radius 1 is 1.29 bits per heavy atom. The molecule has 2 saturated heterocycles. The zero-order valence-electron chi connectivity index (χ0n) is 11.2. The molecule has 0 saturated carbocycles. The van der Waals surface area contributed by atoms with Crippen LogP contribution in [0.5, 0.6) is 0 Å². The maximum atomic E-state index is 5.73. The third-order valence-electron chi connectivity index (χ3n) is 3.94. The van der Waals surface area contributed by atoms with Gasteiger partial charge in [0.05, 0.1) is 0 Å². The molecule has 1 N–H and O–H groups in total. The van der Waals surface area contributed by atoms with E-state index in [1.807, 2.05) is 0 Å². The van der Waals surface area contributed by atoms with Gasteiger partial charge in [0.1, 0.15) is 6.23 Å². The van der Waals surface area contributed by atoms with E-state index in [-0.39, 0.29) is 12.4 Å². The van der Waals surface area contributed by atoms with Crippen LogP contribution in [0.2, 0.25) is 0 Å². The minimum Gasteiger partial charge on any atom is -0.363 e. The molecule has 0 aromatic carbocycles. The maximum absolute atomic E-state index is 5.73. The molecule has 1 unspecified atom stereocenters. The van der Waals surface area contributed by atoms with Crippen LogP contribution >= 0.6 is 12.4 Å². The highest BCUT2D eigenvalue weighted by Crippen LogP contribution is 2.24. The smallest absolute Gasteiger partial charge is 0.108 e. The van der Waals surface area contributed by atoms with Gasteiger partial charge in [-0.25, -0.2) is 0 Å². The lowest BCUT2D eigenvalue weighted by atomic mass is 9.92. The van der Waals surface area contributed by atoms with Crippen molar-refractivity contribution in [2.24, 2.45) is 5.92 Å². The van der Waals surface area contributed by atoms with Crippen LogP contribution < -0.4 is 5.32 Å². The van der Waals surface area contributed by atoms with Crippen LogP contribution in [0.25, 0.3) is 0 Å². The van der Waals surface area contributed by atoms with Crippen molar-refractivity contribution in [3.63, 3.8) is 0 Å². The maximum Gasteiger partial charge on any atom is 0.108 e. The van der Waals surface area contributed by atoms with Crippen molar-refractivity contribution in [2.75, 3.05) is 26.2 Å². The Labute approximate surface area is 112 Å². The second-order valence-corrected chi connectivity index (χ2v) is 5.48. The van der Waals surface area contributed by atoms with Gasteiger partial charge in [0, 0.05) is 12.6 Å². The molecule has 0 spiro atoms. The summed E-state index contributed by atoms with van der Waals surface area (Å²) in [6.45, 7) is 9.22. The SMILES string of the molecule is CC(C)N1CCC(CC2NCCCO2)CC1.Cl. The number of hydrogen-bond donors (Lipinski definition) is 1. The van der Waals surface area contributed by atoms with Crippen molar-refractivity contribution in [1.82, 2.24) is 10.2 Å². The first kappa shape index (κ1) is 15.2. The van der Waals surface area contributed by atoms with Gasteiger partial charge in [0.15, 0.2) is 0 Å². The summed E-state index contributed by atoms with van der Waals surface area (Å²) in [6, 6.07) is 0.713. The Kier molecular flexibility index (Phi) is 6.78.